The number of hydrogen-bond acceptors (Lipinski definition) is 4. The van der Waals surface area contributed by atoms with Crippen molar-refractivity contribution in [2.45, 2.75) is 66.2 Å². The van der Waals surface area contributed by atoms with E-state index in [1.807, 2.05) is 6.92 Å². The van der Waals surface area contributed by atoms with Gasteiger partial charge in [-0.05, 0) is 26.2 Å². The van der Waals surface area contributed by atoms with Crippen LogP contribution < -0.4 is 0 Å². The van der Waals surface area contributed by atoms with Crippen LogP contribution in [0, 0.1) is 0 Å². The standard InChI is InChI=1S/C16H32O4/c1-5-9-10-11-15(18-12-6-2)16(19-13-7-3)20-14-17-8-4/h5-14H2,1-4H3/b16-15-. The van der Waals surface area contributed by atoms with Gasteiger partial charge in [0.05, 0.1) is 13.2 Å². The molecule has 0 aromatic carbocycles. The predicted octanol–water partition coefficient (Wildman–Crippen LogP) is 4.60. The third-order valence-corrected chi connectivity index (χ3v) is 2.63. The van der Waals surface area contributed by atoms with E-state index in [1.165, 1.54) is 12.8 Å². The van der Waals surface area contributed by atoms with Gasteiger partial charge in [-0.2, -0.15) is 0 Å². The van der Waals surface area contributed by atoms with E-state index < -0.39 is 0 Å². The van der Waals surface area contributed by atoms with Crippen molar-refractivity contribution in [3.05, 3.63) is 11.7 Å². The summed E-state index contributed by atoms with van der Waals surface area (Å²) in [4.78, 5) is 0. The van der Waals surface area contributed by atoms with E-state index in [1.54, 1.807) is 0 Å². The van der Waals surface area contributed by atoms with Gasteiger partial charge in [0.1, 0.15) is 0 Å². The third kappa shape index (κ3) is 9.96. The van der Waals surface area contributed by atoms with E-state index >= 15 is 0 Å². The Morgan fingerprint density at radius 2 is 1.45 bits per heavy atom. The lowest BCUT2D eigenvalue weighted by Crippen LogP contribution is -2.09. The number of allylic oxidation sites excluding steroid dienone is 1. The molecular formula is C16H32O4. The highest BCUT2D eigenvalue weighted by Gasteiger charge is 2.12. The Hall–Kier alpha value is -0.900. The van der Waals surface area contributed by atoms with Crippen molar-refractivity contribution in [3.63, 3.8) is 0 Å². The Kier molecular flexibility index (Phi) is 13.9. The van der Waals surface area contributed by atoms with Crippen LogP contribution in [0.1, 0.15) is 66.2 Å². The molecule has 120 valence electrons. The molecule has 0 atom stereocenters. The fourth-order valence-corrected chi connectivity index (χ4v) is 1.57. The van der Waals surface area contributed by atoms with Crippen LogP contribution in [0.2, 0.25) is 0 Å². The van der Waals surface area contributed by atoms with Crippen LogP contribution in [0.4, 0.5) is 0 Å². The average molecular weight is 288 g/mol. The highest BCUT2D eigenvalue weighted by atomic mass is 16.7. The van der Waals surface area contributed by atoms with Gasteiger partial charge in [0.2, 0.25) is 0 Å². The summed E-state index contributed by atoms with van der Waals surface area (Å²) in [5.41, 5.74) is 0. The molecule has 0 aromatic rings. The van der Waals surface area contributed by atoms with Crippen LogP contribution >= 0.6 is 0 Å². The van der Waals surface area contributed by atoms with Crippen molar-refractivity contribution in [2.24, 2.45) is 0 Å². The maximum absolute atomic E-state index is 5.80. The normalized spacial score (nSPS) is 12.0. The Balaban J connectivity index is 4.62. The molecule has 4 nitrogen and oxygen atoms in total. The fourth-order valence-electron chi connectivity index (χ4n) is 1.57. The molecule has 20 heavy (non-hydrogen) atoms. The van der Waals surface area contributed by atoms with Gasteiger partial charge in [-0.1, -0.05) is 33.6 Å². The maximum Gasteiger partial charge on any atom is 0.321 e. The number of rotatable bonds is 14. The van der Waals surface area contributed by atoms with Gasteiger partial charge in [-0.15, -0.1) is 0 Å². The first-order chi connectivity index (χ1) is 9.79. The minimum atomic E-state index is 0.211. The largest absolute Gasteiger partial charge is 0.491 e. The summed E-state index contributed by atoms with van der Waals surface area (Å²) >= 11 is 0. The zero-order valence-electron chi connectivity index (χ0n) is 13.7. The van der Waals surface area contributed by atoms with Gasteiger partial charge < -0.3 is 18.9 Å². The lowest BCUT2D eigenvalue weighted by Gasteiger charge is -2.17. The van der Waals surface area contributed by atoms with E-state index in [4.69, 9.17) is 18.9 Å². The van der Waals surface area contributed by atoms with E-state index in [0.717, 1.165) is 31.4 Å². The summed E-state index contributed by atoms with van der Waals surface area (Å²) in [5.74, 6) is 1.33. The molecular weight excluding hydrogens is 256 g/mol. The van der Waals surface area contributed by atoms with Gasteiger partial charge in [-0.25, -0.2) is 0 Å². The zero-order valence-corrected chi connectivity index (χ0v) is 13.7. The average Bonchev–Trinajstić information content (AvgIpc) is 2.47. The molecule has 0 radical (unpaired) electrons. The van der Waals surface area contributed by atoms with Crippen LogP contribution in [0.3, 0.4) is 0 Å². The van der Waals surface area contributed by atoms with Crippen LogP contribution in [-0.4, -0.2) is 26.6 Å². The first-order valence-corrected chi connectivity index (χ1v) is 7.99. The minimum absolute atomic E-state index is 0.211. The van der Waals surface area contributed by atoms with E-state index in [0.29, 0.717) is 25.8 Å². The van der Waals surface area contributed by atoms with Crippen LogP contribution in [-0.2, 0) is 18.9 Å². The molecule has 0 spiro atoms. The van der Waals surface area contributed by atoms with Crippen molar-refractivity contribution < 1.29 is 18.9 Å². The zero-order chi connectivity index (χ0) is 15.1. The van der Waals surface area contributed by atoms with Crippen LogP contribution in [0.25, 0.3) is 0 Å². The summed E-state index contributed by atoms with van der Waals surface area (Å²) in [6, 6.07) is 0. The topological polar surface area (TPSA) is 36.9 Å². The van der Waals surface area contributed by atoms with E-state index in [-0.39, 0.29) is 6.79 Å². The molecule has 4 heteroatoms. The second-order valence-electron chi connectivity index (χ2n) is 4.62. The Bertz CT molecular complexity index is 215. The molecule has 0 heterocycles. The molecule has 0 saturated carbocycles. The molecule has 0 fully saturated rings. The lowest BCUT2D eigenvalue weighted by atomic mass is 10.2. The summed E-state index contributed by atoms with van der Waals surface area (Å²) in [7, 11) is 0. The third-order valence-electron chi connectivity index (χ3n) is 2.63. The first kappa shape index (κ1) is 19.1. The monoisotopic (exact) mass is 288 g/mol. The molecule has 0 aromatic heterocycles. The van der Waals surface area contributed by atoms with Gasteiger partial charge >= 0.3 is 5.95 Å². The summed E-state index contributed by atoms with van der Waals surface area (Å²) in [6.07, 6.45) is 6.24. The van der Waals surface area contributed by atoms with Crippen LogP contribution in [0.15, 0.2) is 11.7 Å². The molecule has 0 amide bonds. The van der Waals surface area contributed by atoms with Crippen molar-refractivity contribution in [1.82, 2.24) is 0 Å². The van der Waals surface area contributed by atoms with Crippen molar-refractivity contribution in [1.29, 1.82) is 0 Å². The fraction of sp³-hybridized carbons (Fsp3) is 0.875. The Morgan fingerprint density at radius 3 is 2.05 bits per heavy atom. The highest BCUT2D eigenvalue weighted by Crippen LogP contribution is 2.18. The second kappa shape index (κ2) is 14.5. The minimum Gasteiger partial charge on any atom is -0.491 e. The van der Waals surface area contributed by atoms with E-state index in [9.17, 15) is 0 Å². The summed E-state index contributed by atoms with van der Waals surface area (Å²) in [5, 5.41) is 0. The Morgan fingerprint density at radius 1 is 0.750 bits per heavy atom. The highest BCUT2D eigenvalue weighted by molar-refractivity contribution is 4.95. The molecule has 0 unspecified atom stereocenters. The maximum atomic E-state index is 5.80. The predicted molar refractivity (Wildman–Crippen MR) is 81.2 cm³/mol. The number of hydrogen-bond donors (Lipinski definition) is 0. The van der Waals surface area contributed by atoms with Crippen molar-refractivity contribution >= 4 is 0 Å². The van der Waals surface area contributed by atoms with Gasteiger partial charge in [0.25, 0.3) is 0 Å². The molecule has 0 rings (SSSR count). The van der Waals surface area contributed by atoms with Crippen molar-refractivity contribution in [3.8, 4) is 0 Å². The summed E-state index contributed by atoms with van der Waals surface area (Å²) in [6.45, 7) is 10.5. The van der Waals surface area contributed by atoms with Crippen molar-refractivity contribution in [2.75, 3.05) is 26.6 Å². The quantitative estimate of drug-likeness (QED) is 0.266. The number of ether oxygens (including phenoxy) is 4. The Labute approximate surface area is 124 Å². The molecule has 0 aliphatic rings. The lowest BCUT2D eigenvalue weighted by molar-refractivity contribution is -0.0805. The van der Waals surface area contributed by atoms with Crippen LogP contribution in [0.5, 0.6) is 0 Å². The SMILES string of the molecule is CCCCC/C(OCCC)=C(\OCCC)OCOCC. The number of unbranched alkanes of at least 4 members (excludes halogenated alkanes) is 2. The van der Waals surface area contributed by atoms with E-state index in [2.05, 4.69) is 20.8 Å². The summed E-state index contributed by atoms with van der Waals surface area (Å²) < 4.78 is 22.3. The molecule has 0 N–H and O–H groups in total. The second-order valence-corrected chi connectivity index (χ2v) is 4.62. The first-order valence-electron chi connectivity index (χ1n) is 7.99. The molecule has 0 aliphatic heterocycles. The molecule has 0 bridgehead atoms. The smallest absolute Gasteiger partial charge is 0.321 e. The van der Waals surface area contributed by atoms with Gasteiger partial charge in [0, 0.05) is 13.0 Å². The van der Waals surface area contributed by atoms with Gasteiger partial charge in [0.15, 0.2) is 12.6 Å². The van der Waals surface area contributed by atoms with Gasteiger partial charge in [-0.3, -0.25) is 0 Å². The molecule has 0 saturated heterocycles. The molecule has 0 aliphatic carbocycles.